The lowest BCUT2D eigenvalue weighted by molar-refractivity contribution is 0.247. The van der Waals surface area contributed by atoms with E-state index < -0.39 is 0 Å². The maximum absolute atomic E-state index is 8.95. The lowest BCUT2D eigenvalue weighted by atomic mass is 9.63. The van der Waals surface area contributed by atoms with Crippen LogP contribution in [0.2, 0.25) is 0 Å². The fraction of sp³-hybridized carbons (Fsp3) is 0.500. The van der Waals surface area contributed by atoms with Gasteiger partial charge in [0.15, 0.2) is 11.5 Å². The number of methoxy groups -OCH3 is 2. The number of nitriles is 1. The van der Waals surface area contributed by atoms with Crippen molar-refractivity contribution in [2.45, 2.75) is 31.1 Å². The molecule has 0 aromatic heterocycles. The monoisotopic (exact) mass is 231 g/mol. The quantitative estimate of drug-likeness (QED) is 0.799. The lowest BCUT2D eigenvalue weighted by Gasteiger charge is -2.40. The molecule has 90 valence electrons. The van der Waals surface area contributed by atoms with E-state index in [0.717, 1.165) is 24.3 Å². The molecule has 0 aliphatic heterocycles. The van der Waals surface area contributed by atoms with Crippen molar-refractivity contribution in [1.82, 2.24) is 0 Å². The Bertz CT molecular complexity index is 444. The first-order valence-electron chi connectivity index (χ1n) is 5.85. The van der Waals surface area contributed by atoms with E-state index in [1.54, 1.807) is 14.2 Å². The van der Waals surface area contributed by atoms with Crippen molar-refractivity contribution >= 4 is 0 Å². The molecule has 1 aromatic rings. The van der Waals surface area contributed by atoms with Gasteiger partial charge in [-0.05, 0) is 30.5 Å². The average molecular weight is 231 g/mol. The van der Waals surface area contributed by atoms with E-state index in [9.17, 15) is 0 Å². The van der Waals surface area contributed by atoms with Gasteiger partial charge in [0, 0.05) is 11.8 Å². The molecule has 0 spiro atoms. The summed E-state index contributed by atoms with van der Waals surface area (Å²) in [6, 6.07) is 8.29. The van der Waals surface area contributed by atoms with Crippen molar-refractivity contribution in [3.05, 3.63) is 23.8 Å². The van der Waals surface area contributed by atoms with Crippen LogP contribution in [-0.2, 0) is 5.41 Å². The molecule has 3 nitrogen and oxygen atoms in total. The fourth-order valence-corrected chi connectivity index (χ4v) is 2.49. The molecule has 1 aliphatic rings. The molecule has 0 N–H and O–H groups in total. The van der Waals surface area contributed by atoms with Gasteiger partial charge in [-0.2, -0.15) is 5.26 Å². The van der Waals surface area contributed by atoms with Gasteiger partial charge in [-0.1, -0.05) is 12.5 Å². The van der Waals surface area contributed by atoms with Crippen molar-refractivity contribution in [3.63, 3.8) is 0 Å². The molecule has 0 radical (unpaired) electrons. The van der Waals surface area contributed by atoms with Crippen LogP contribution in [0.4, 0.5) is 0 Å². The molecular formula is C14H17NO2. The molecule has 0 amide bonds. The zero-order valence-electron chi connectivity index (χ0n) is 10.3. The number of nitrogens with zero attached hydrogens (tertiary/aromatic N) is 1. The third-order valence-corrected chi connectivity index (χ3v) is 3.72. The Hall–Kier alpha value is -1.69. The second-order valence-electron chi connectivity index (χ2n) is 4.54. The van der Waals surface area contributed by atoms with E-state index >= 15 is 0 Å². The summed E-state index contributed by atoms with van der Waals surface area (Å²) in [6.07, 6.45) is 3.98. The predicted octanol–water partition coefficient (Wildman–Crippen LogP) is 3.04. The predicted molar refractivity (Wildman–Crippen MR) is 65.3 cm³/mol. The number of hydrogen-bond donors (Lipinski definition) is 0. The summed E-state index contributed by atoms with van der Waals surface area (Å²) in [5.41, 5.74) is 1.25. The molecule has 17 heavy (non-hydrogen) atoms. The molecule has 1 fully saturated rings. The van der Waals surface area contributed by atoms with E-state index in [1.807, 2.05) is 12.1 Å². The molecule has 0 saturated heterocycles. The zero-order chi connectivity index (χ0) is 12.3. The molecule has 1 saturated carbocycles. The molecule has 1 aliphatic carbocycles. The van der Waals surface area contributed by atoms with Crippen LogP contribution >= 0.6 is 0 Å². The lowest BCUT2D eigenvalue weighted by Crippen LogP contribution is -2.33. The Kier molecular flexibility index (Phi) is 3.23. The van der Waals surface area contributed by atoms with Crippen LogP contribution in [0.1, 0.15) is 31.2 Å². The fourth-order valence-electron chi connectivity index (χ4n) is 2.49. The van der Waals surface area contributed by atoms with Crippen molar-refractivity contribution in [3.8, 4) is 17.6 Å². The van der Waals surface area contributed by atoms with Crippen LogP contribution in [0.25, 0.3) is 0 Å². The van der Waals surface area contributed by atoms with E-state index in [4.69, 9.17) is 14.7 Å². The third-order valence-electron chi connectivity index (χ3n) is 3.72. The summed E-state index contributed by atoms with van der Waals surface area (Å²) in [5.74, 6) is 1.48. The second-order valence-corrected chi connectivity index (χ2v) is 4.54. The Morgan fingerprint density at radius 2 is 1.94 bits per heavy atom. The van der Waals surface area contributed by atoms with Gasteiger partial charge in [-0.15, -0.1) is 0 Å². The van der Waals surface area contributed by atoms with Crippen LogP contribution in [0, 0.1) is 11.3 Å². The highest BCUT2D eigenvalue weighted by Gasteiger charge is 2.38. The van der Waals surface area contributed by atoms with Gasteiger partial charge in [0.05, 0.1) is 20.3 Å². The van der Waals surface area contributed by atoms with E-state index in [2.05, 4.69) is 12.1 Å². The third kappa shape index (κ3) is 1.95. The van der Waals surface area contributed by atoms with Gasteiger partial charge >= 0.3 is 0 Å². The van der Waals surface area contributed by atoms with Gasteiger partial charge < -0.3 is 9.47 Å². The molecule has 0 unspecified atom stereocenters. The van der Waals surface area contributed by atoms with Crippen LogP contribution in [0.3, 0.4) is 0 Å². The summed E-state index contributed by atoms with van der Waals surface area (Å²) >= 11 is 0. The smallest absolute Gasteiger partial charge is 0.161 e. The van der Waals surface area contributed by atoms with Gasteiger partial charge in [0.25, 0.3) is 0 Å². The standard InChI is InChI=1S/C14H17NO2/c1-16-12-5-4-11(10-13(12)17-2)14(8-9-15)6-3-7-14/h4-5,10H,3,6-8H2,1-2H3. The van der Waals surface area contributed by atoms with Crippen LogP contribution < -0.4 is 9.47 Å². The number of benzene rings is 1. The van der Waals surface area contributed by atoms with E-state index in [1.165, 1.54) is 12.0 Å². The van der Waals surface area contributed by atoms with Crippen molar-refractivity contribution in [2.24, 2.45) is 0 Å². The van der Waals surface area contributed by atoms with Gasteiger partial charge in [0.1, 0.15) is 0 Å². The minimum atomic E-state index is 0.0499. The largest absolute Gasteiger partial charge is 0.493 e. The highest BCUT2D eigenvalue weighted by Crippen LogP contribution is 2.47. The molecule has 1 aromatic carbocycles. The van der Waals surface area contributed by atoms with Gasteiger partial charge in [-0.3, -0.25) is 0 Å². The highest BCUT2D eigenvalue weighted by molar-refractivity contribution is 5.46. The molecule has 0 heterocycles. The maximum Gasteiger partial charge on any atom is 0.161 e. The van der Waals surface area contributed by atoms with E-state index in [-0.39, 0.29) is 5.41 Å². The minimum Gasteiger partial charge on any atom is -0.493 e. The minimum absolute atomic E-state index is 0.0499. The van der Waals surface area contributed by atoms with Gasteiger partial charge in [-0.25, -0.2) is 0 Å². The summed E-state index contributed by atoms with van der Waals surface area (Å²) in [4.78, 5) is 0. The topological polar surface area (TPSA) is 42.2 Å². The van der Waals surface area contributed by atoms with Crippen LogP contribution in [-0.4, -0.2) is 14.2 Å². The Morgan fingerprint density at radius 1 is 1.24 bits per heavy atom. The van der Waals surface area contributed by atoms with E-state index in [0.29, 0.717) is 6.42 Å². The van der Waals surface area contributed by atoms with Crippen molar-refractivity contribution in [1.29, 1.82) is 5.26 Å². The van der Waals surface area contributed by atoms with Crippen LogP contribution in [0.5, 0.6) is 11.5 Å². The average Bonchev–Trinajstić information content (AvgIpc) is 2.33. The summed E-state index contributed by atoms with van der Waals surface area (Å²) in [5, 5.41) is 8.95. The summed E-state index contributed by atoms with van der Waals surface area (Å²) in [7, 11) is 3.27. The molecule has 0 bridgehead atoms. The van der Waals surface area contributed by atoms with Crippen molar-refractivity contribution in [2.75, 3.05) is 14.2 Å². The first-order chi connectivity index (χ1) is 8.25. The Morgan fingerprint density at radius 3 is 2.41 bits per heavy atom. The molecule has 0 atom stereocenters. The number of rotatable bonds is 4. The summed E-state index contributed by atoms with van der Waals surface area (Å²) in [6.45, 7) is 0. The van der Waals surface area contributed by atoms with Crippen molar-refractivity contribution < 1.29 is 9.47 Å². The first kappa shape index (κ1) is 11.8. The number of ether oxygens (including phenoxy) is 2. The maximum atomic E-state index is 8.95. The van der Waals surface area contributed by atoms with Crippen LogP contribution in [0.15, 0.2) is 18.2 Å². The first-order valence-corrected chi connectivity index (χ1v) is 5.85. The van der Waals surface area contributed by atoms with Gasteiger partial charge in [0.2, 0.25) is 0 Å². The zero-order valence-corrected chi connectivity index (χ0v) is 10.3. The Labute approximate surface area is 102 Å². The molecular weight excluding hydrogens is 214 g/mol. The molecule has 3 heteroatoms. The molecule has 2 rings (SSSR count). The summed E-state index contributed by atoms with van der Waals surface area (Å²) < 4.78 is 10.5. The number of hydrogen-bond acceptors (Lipinski definition) is 3. The Balaban J connectivity index is 2.36. The highest BCUT2D eigenvalue weighted by atomic mass is 16.5. The second kappa shape index (κ2) is 4.67. The normalized spacial score (nSPS) is 16.8. The SMILES string of the molecule is COc1ccc(C2(CC#N)CCC2)cc1OC.